The molecule has 5 atom stereocenters. The maximum Gasteiger partial charge on any atom is 0.341 e. The highest BCUT2D eigenvalue weighted by Gasteiger charge is 2.52. The van der Waals surface area contributed by atoms with Gasteiger partial charge in [0.2, 0.25) is 12.2 Å². The Labute approximate surface area is 218 Å². The van der Waals surface area contributed by atoms with Gasteiger partial charge in [-0.25, -0.2) is 4.79 Å². The third-order valence-corrected chi connectivity index (χ3v) is 5.59. The Bertz CT molecular complexity index is 1230. The van der Waals surface area contributed by atoms with E-state index in [0.29, 0.717) is 5.39 Å². The second-order valence-electron chi connectivity index (χ2n) is 8.49. The molecule has 1 N–H and O–H groups in total. The van der Waals surface area contributed by atoms with Crippen molar-refractivity contribution >= 4 is 40.6 Å². The van der Waals surface area contributed by atoms with Crippen molar-refractivity contribution in [1.82, 2.24) is 5.32 Å². The topological polar surface area (TPSA) is 153 Å². The Morgan fingerprint density at radius 3 is 2.13 bits per heavy atom. The summed E-state index contributed by atoms with van der Waals surface area (Å²) in [5, 5.41) is 3.89. The van der Waals surface area contributed by atoms with Crippen molar-refractivity contribution in [2.75, 3.05) is 13.7 Å². The van der Waals surface area contributed by atoms with E-state index in [2.05, 4.69) is 5.32 Å². The number of amides is 1. The maximum atomic E-state index is 12.6. The predicted molar refractivity (Wildman–Crippen MR) is 130 cm³/mol. The van der Waals surface area contributed by atoms with Gasteiger partial charge in [-0.1, -0.05) is 30.3 Å². The summed E-state index contributed by atoms with van der Waals surface area (Å²) in [4.78, 5) is 60.3. The van der Waals surface area contributed by atoms with Crippen LogP contribution in [-0.4, -0.2) is 74.1 Å². The van der Waals surface area contributed by atoms with Crippen molar-refractivity contribution in [2.45, 2.75) is 58.3 Å². The van der Waals surface area contributed by atoms with E-state index in [-0.39, 0.29) is 11.3 Å². The molecule has 3 unspecified atom stereocenters. The summed E-state index contributed by atoms with van der Waals surface area (Å²) in [6.07, 6.45) is -5.15. The fraction of sp³-hybridized carbons (Fsp3) is 0.423. The molecule has 0 spiro atoms. The average Bonchev–Trinajstić information content (AvgIpc) is 2.85. The SMILES string of the molecule is COC(=O)c1ccc2ccccc2c1OC1OC(COC(C)=O)[C@@H](OC(C)=O)C(OC(C)=O)[C@H]1NC(C)=O. The van der Waals surface area contributed by atoms with E-state index in [0.717, 1.165) is 19.2 Å². The number of rotatable bonds is 8. The molecular formula is C26H29NO11. The summed E-state index contributed by atoms with van der Waals surface area (Å²) in [5.74, 6) is -3.25. The number of methoxy groups -OCH3 is 1. The normalized spacial score (nSPS) is 22.6. The Hall–Kier alpha value is -4.19. The summed E-state index contributed by atoms with van der Waals surface area (Å²) in [6, 6.07) is 9.08. The summed E-state index contributed by atoms with van der Waals surface area (Å²) >= 11 is 0. The van der Waals surface area contributed by atoms with E-state index in [1.165, 1.54) is 27.0 Å². The van der Waals surface area contributed by atoms with E-state index < -0.39 is 67.0 Å². The summed E-state index contributed by atoms with van der Waals surface area (Å²) in [7, 11) is 1.22. The largest absolute Gasteiger partial charge is 0.465 e. The fourth-order valence-corrected chi connectivity index (χ4v) is 4.15. The Balaban J connectivity index is 2.15. The zero-order valence-corrected chi connectivity index (χ0v) is 21.5. The minimum Gasteiger partial charge on any atom is -0.465 e. The number of esters is 4. The van der Waals surface area contributed by atoms with Crippen molar-refractivity contribution in [1.29, 1.82) is 0 Å². The molecule has 204 valence electrons. The summed E-state index contributed by atoms with van der Waals surface area (Å²) < 4.78 is 33.2. The van der Waals surface area contributed by atoms with Gasteiger partial charge in [0.05, 0.1) is 7.11 Å². The number of carbonyl (C=O) groups is 5. The van der Waals surface area contributed by atoms with Crippen LogP contribution < -0.4 is 10.1 Å². The second-order valence-corrected chi connectivity index (χ2v) is 8.49. The van der Waals surface area contributed by atoms with Crippen LogP contribution in [0.5, 0.6) is 5.75 Å². The van der Waals surface area contributed by atoms with Crippen LogP contribution in [-0.2, 0) is 42.9 Å². The first-order valence-corrected chi connectivity index (χ1v) is 11.7. The molecule has 0 aliphatic carbocycles. The lowest BCUT2D eigenvalue weighted by Gasteiger charge is -2.45. The number of carbonyl (C=O) groups excluding carboxylic acids is 5. The Morgan fingerprint density at radius 1 is 0.868 bits per heavy atom. The van der Waals surface area contributed by atoms with Crippen LogP contribution in [0.25, 0.3) is 10.8 Å². The molecule has 2 aromatic rings. The third-order valence-electron chi connectivity index (χ3n) is 5.59. The number of fused-ring (bicyclic) bond motifs is 1. The smallest absolute Gasteiger partial charge is 0.341 e. The van der Waals surface area contributed by atoms with Gasteiger partial charge in [-0.3, -0.25) is 19.2 Å². The van der Waals surface area contributed by atoms with E-state index in [4.69, 9.17) is 28.4 Å². The third kappa shape index (κ3) is 6.76. The molecular weight excluding hydrogens is 502 g/mol. The first-order valence-electron chi connectivity index (χ1n) is 11.7. The van der Waals surface area contributed by atoms with Gasteiger partial charge in [0.1, 0.15) is 30.1 Å². The lowest BCUT2D eigenvalue weighted by atomic mass is 9.95. The molecule has 1 fully saturated rings. The first kappa shape index (κ1) is 28.4. The quantitative estimate of drug-likeness (QED) is 0.391. The number of benzene rings is 2. The van der Waals surface area contributed by atoms with E-state index in [9.17, 15) is 24.0 Å². The highest BCUT2D eigenvalue weighted by Crippen LogP contribution is 2.35. The number of nitrogens with one attached hydrogen (secondary N) is 1. The molecule has 1 amide bonds. The average molecular weight is 532 g/mol. The van der Waals surface area contributed by atoms with Gasteiger partial charge < -0.3 is 33.7 Å². The van der Waals surface area contributed by atoms with Gasteiger partial charge in [0, 0.05) is 33.1 Å². The van der Waals surface area contributed by atoms with Crippen LogP contribution in [0.1, 0.15) is 38.1 Å². The van der Waals surface area contributed by atoms with Crippen molar-refractivity contribution in [3.63, 3.8) is 0 Å². The molecule has 1 aliphatic heterocycles. The molecule has 12 nitrogen and oxygen atoms in total. The number of hydrogen-bond acceptors (Lipinski definition) is 11. The summed E-state index contributed by atoms with van der Waals surface area (Å²) in [6.45, 7) is 4.30. The zero-order valence-electron chi connectivity index (χ0n) is 21.5. The van der Waals surface area contributed by atoms with Crippen LogP contribution in [0, 0.1) is 0 Å². The van der Waals surface area contributed by atoms with Crippen LogP contribution in [0.3, 0.4) is 0 Å². The highest BCUT2D eigenvalue weighted by atomic mass is 16.7. The maximum absolute atomic E-state index is 12.6. The molecule has 2 aromatic carbocycles. The lowest BCUT2D eigenvalue weighted by molar-refractivity contribution is -0.257. The Morgan fingerprint density at radius 2 is 1.53 bits per heavy atom. The van der Waals surface area contributed by atoms with Crippen LogP contribution in [0.4, 0.5) is 0 Å². The molecule has 0 aromatic heterocycles. The van der Waals surface area contributed by atoms with Gasteiger partial charge in [-0.15, -0.1) is 0 Å². The molecule has 0 bridgehead atoms. The first-order chi connectivity index (χ1) is 18.0. The van der Waals surface area contributed by atoms with Crippen LogP contribution in [0.2, 0.25) is 0 Å². The van der Waals surface area contributed by atoms with E-state index in [1.807, 2.05) is 0 Å². The van der Waals surface area contributed by atoms with E-state index in [1.54, 1.807) is 30.3 Å². The molecule has 1 heterocycles. The van der Waals surface area contributed by atoms with Crippen LogP contribution >= 0.6 is 0 Å². The molecule has 38 heavy (non-hydrogen) atoms. The molecule has 1 saturated heterocycles. The number of hydrogen-bond donors (Lipinski definition) is 1. The van der Waals surface area contributed by atoms with Gasteiger partial charge in [0.25, 0.3) is 0 Å². The minimum absolute atomic E-state index is 0.0686. The van der Waals surface area contributed by atoms with Gasteiger partial charge in [0.15, 0.2) is 12.2 Å². The monoisotopic (exact) mass is 531 g/mol. The molecule has 3 rings (SSSR count). The fourth-order valence-electron chi connectivity index (χ4n) is 4.15. The van der Waals surface area contributed by atoms with Crippen molar-refractivity contribution in [3.8, 4) is 5.75 Å². The van der Waals surface area contributed by atoms with Crippen molar-refractivity contribution in [3.05, 3.63) is 42.0 Å². The predicted octanol–water partition coefficient (Wildman–Crippen LogP) is 1.66. The molecule has 1 aliphatic rings. The summed E-state index contributed by atoms with van der Waals surface area (Å²) in [5.41, 5.74) is 0.0686. The van der Waals surface area contributed by atoms with E-state index >= 15 is 0 Å². The van der Waals surface area contributed by atoms with Gasteiger partial charge >= 0.3 is 23.9 Å². The van der Waals surface area contributed by atoms with Crippen LogP contribution in [0.15, 0.2) is 36.4 Å². The minimum atomic E-state index is -1.40. The van der Waals surface area contributed by atoms with Crippen molar-refractivity contribution in [2.24, 2.45) is 0 Å². The molecule has 12 heteroatoms. The zero-order chi connectivity index (χ0) is 28.0. The van der Waals surface area contributed by atoms with Crippen molar-refractivity contribution < 1.29 is 52.4 Å². The molecule has 0 saturated carbocycles. The lowest BCUT2D eigenvalue weighted by Crippen LogP contribution is -2.67. The number of ether oxygens (including phenoxy) is 6. The second kappa shape index (κ2) is 12.4. The Kier molecular flexibility index (Phi) is 9.24. The van der Waals surface area contributed by atoms with Gasteiger partial charge in [-0.05, 0) is 11.5 Å². The standard InChI is InChI=1S/C26H29NO11/c1-13(28)27-21-24(36-16(4)31)23(35-15(3)30)20(12-34-14(2)29)37-26(21)38-22-18-9-7-6-8-17(18)10-11-19(22)25(32)33-5/h6-11,20-21,23-24,26H,12H2,1-5H3,(H,27,28)/t20?,21-,23-,24?,26?/m1/s1. The van der Waals surface area contributed by atoms with Gasteiger partial charge in [-0.2, -0.15) is 0 Å². The molecule has 0 radical (unpaired) electrons. The highest BCUT2D eigenvalue weighted by molar-refractivity contribution is 6.01.